The van der Waals surface area contributed by atoms with Gasteiger partial charge in [-0.3, -0.25) is 0 Å². The molecule has 1 saturated carbocycles. The summed E-state index contributed by atoms with van der Waals surface area (Å²) < 4.78 is 3.85. The van der Waals surface area contributed by atoms with Gasteiger partial charge in [-0.15, -0.1) is 0 Å². The summed E-state index contributed by atoms with van der Waals surface area (Å²) in [5.74, 6) is 0.686. The molecule has 0 spiro atoms. The summed E-state index contributed by atoms with van der Waals surface area (Å²) in [6.45, 7) is 19.3. The van der Waals surface area contributed by atoms with Crippen molar-refractivity contribution in [1.82, 2.24) is 0 Å². The first-order chi connectivity index (χ1) is 19.0. The predicted octanol–water partition coefficient (Wildman–Crippen LogP) is 10.9. The van der Waals surface area contributed by atoms with Crippen LogP contribution in [0.1, 0.15) is 92.2 Å². The average Bonchev–Trinajstić information content (AvgIpc) is 3.52. The third-order valence-electron chi connectivity index (χ3n) is 10.1. The van der Waals surface area contributed by atoms with Crippen LogP contribution in [0.2, 0.25) is 3.63 Å². The molecule has 0 amide bonds. The van der Waals surface area contributed by atoms with E-state index < -0.39 is 20.3 Å². The summed E-state index contributed by atoms with van der Waals surface area (Å²) in [7, 11) is 0. The second kappa shape index (κ2) is 10.2. The monoisotopic (exact) mass is 604 g/mol. The molecule has 1 fully saturated rings. The average molecular weight is 606 g/mol. The van der Waals surface area contributed by atoms with Gasteiger partial charge in [0.2, 0.25) is 0 Å². The normalized spacial score (nSPS) is 18.9. The van der Waals surface area contributed by atoms with E-state index in [1.807, 2.05) is 0 Å². The van der Waals surface area contributed by atoms with E-state index in [9.17, 15) is 0 Å². The van der Waals surface area contributed by atoms with Crippen molar-refractivity contribution in [2.45, 2.75) is 83.0 Å². The first-order valence-electron chi connectivity index (χ1n) is 15.4. The van der Waals surface area contributed by atoms with Gasteiger partial charge in [0.25, 0.3) is 0 Å². The minimum absolute atomic E-state index is 0.112. The Balaban J connectivity index is 1.67. The quantitative estimate of drug-likeness (QED) is 0.262. The molecule has 0 bridgehead atoms. The fraction of sp³-hybridized carbons (Fsp3) is 0.385. The van der Waals surface area contributed by atoms with Crippen LogP contribution >= 0.6 is 0 Å². The van der Waals surface area contributed by atoms with Gasteiger partial charge in [0, 0.05) is 0 Å². The molecule has 0 N–H and O–H groups in total. The van der Waals surface area contributed by atoms with Crippen LogP contribution in [-0.2, 0) is 35.2 Å². The fourth-order valence-electron chi connectivity index (χ4n) is 7.52. The molecule has 1 heteroatoms. The van der Waals surface area contributed by atoms with E-state index in [0.717, 1.165) is 0 Å². The molecule has 0 saturated heterocycles. The molecule has 0 aromatic heterocycles. The van der Waals surface area contributed by atoms with E-state index in [1.54, 1.807) is 14.4 Å². The van der Waals surface area contributed by atoms with Crippen LogP contribution < -0.4 is 0 Å². The van der Waals surface area contributed by atoms with Crippen molar-refractivity contribution >= 4 is 0 Å². The molecule has 206 valence electrons. The van der Waals surface area contributed by atoms with Gasteiger partial charge in [0.05, 0.1) is 0 Å². The van der Waals surface area contributed by atoms with Crippen molar-refractivity contribution in [3.63, 3.8) is 0 Å². The topological polar surface area (TPSA) is 0 Å². The van der Waals surface area contributed by atoms with Gasteiger partial charge in [0.15, 0.2) is 0 Å². The molecule has 1 unspecified atom stereocenters. The number of hydrogen-bond acceptors (Lipinski definition) is 0. The zero-order valence-electron chi connectivity index (χ0n) is 25.4. The predicted molar refractivity (Wildman–Crippen MR) is 170 cm³/mol. The van der Waals surface area contributed by atoms with Crippen molar-refractivity contribution in [2.75, 3.05) is 0 Å². The van der Waals surface area contributed by atoms with E-state index in [0.29, 0.717) is 13.2 Å². The van der Waals surface area contributed by atoms with Gasteiger partial charge >= 0.3 is 249 Å². The SMILES string of the molecule is C=[C](C1CCC1)[Zr]([CH2]c1ccccc1)([CH]1C=CC=C1)[CH]1c2cc(C(C)(C)C)ccc2-c2ccc(C(C)(C)C)cc21. The molecule has 0 heterocycles. The van der Waals surface area contributed by atoms with Crippen molar-refractivity contribution in [2.24, 2.45) is 5.92 Å². The van der Waals surface area contributed by atoms with Gasteiger partial charge in [-0.25, -0.2) is 0 Å². The van der Waals surface area contributed by atoms with Gasteiger partial charge in [-0.05, 0) is 0 Å². The minimum atomic E-state index is -3.46. The maximum atomic E-state index is 5.15. The van der Waals surface area contributed by atoms with Crippen LogP contribution in [0.15, 0.2) is 101 Å². The van der Waals surface area contributed by atoms with Crippen LogP contribution in [0.3, 0.4) is 0 Å². The molecule has 3 aliphatic rings. The number of rotatable bonds is 6. The Morgan fingerprint density at radius 1 is 0.750 bits per heavy atom. The van der Waals surface area contributed by atoms with Crippen LogP contribution in [0.25, 0.3) is 11.1 Å². The third-order valence-corrected chi connectivity index (χ3v) is 24.5. The molecule has 0 nitrogen and oxygen atoms in total. The maximum absolute atomic E-state index is 5.15. The van der Waals surface area contributed by atoms with Gasteiger partial charge in [-0.2, -0.15) is 0 Å². The Kier molecular flexibility index (Phi) is 7.14. The summed E-state index contributed by atoms with van der Waals surface area (Å²) in [6.07, 6.45) is 13.8. The third kappa shape index (κ3) is 4.71. The molecule has 1 atom stereocenters. The van der Waals surface area contributed by atoms with Crippen LogP contribution in [0.4, 0.5) is 0 Å². The fourth-order valence-corrected chi connectivity index (χ4v) is 23.0. The molecule has 3 aromatic rings. The molecular weight excluding hydrogens is 560 g/mol. The number of fused-ring (bicyclic) bond motifs is 3. The molecule has 0 aliphatic heterocycles. The Morgan fingerprint density at radius 3 is 1.73 bits per heavy atom. The molecule has 6 rings (SSSR count). The Bertz CT molecular complexity index is 1410. The second-order valence-electron chi connectivity index (χ2n) is 14.7. The number of benzene rings is 3. The summed E-state index contributed by atoms with van der Waals surface area (Å²) in [5.41, 5.74) is 10.7. The first-order valence-corrected chi connectivity index (χ1v) is 21.2. The molecule has 3 aromatic carbocycles. The molecule has 3 aliphatic carbocycles. The summed E-state index contributed by atoms with van der Waals surface area (Å²) in [4.78, 5) is 0. The molecular formula is C39H46Zr. The zero-order chi connectivity index (χ0) is 28.3. The van der Waals surface area contributed by atoms with Crippen molar-refractivity contribution < 1.29 is 20.3 Å². The van der Waals surface area contributed by atoms with E-state index in [4.69, 9.17) is 6.58 Å². The summed E-state index contributed by atoms with van der Waals surface area (Å²) in [6, 6.07) is 26.4. The molecule has 40 heavy (non-hydrogen) atoms. The van der Waals surface area contributed by atoms with Gasteiger partial charge in [-0.1, -0.05) is 0 Å². The Morgan fingerprint density at radius 2 is 1.27 bits per heavy atom. The van der Waals surface area contributed by atoms with E-state index in [1.165, 1.54) is 51.2 Å². The van der Waals surface area contributed by atoms with E-state index >= 15 is 0 Å². The first kappa shape index (κ1) is 27.9. The standard InChI is InChI=1S/C21H25.C7H7.C6H9.C5H5.Zr/c1-20(2,3)16-7-9-18-14(12-16)11-15-13-17(21(4,5)6)8-10-19(15)18;1-7-5-3-2-4-6-7;1-2-6-4-3-5-6;1-2-4-5-3-1;/h7-13H,1-6H3;2-6H,1H2;6H,1,3-5H2;1-5H;. The van der Waals surface area contributed by atoms with Crippen LogP contribution in [-0.4, -0.2) is 0 Å². The number of hydrogen-bond donors (Lipinski definition) is 0. The van der Waals surface area contributed by atoms with Crippen molar-refractivity contribution in [1.29, 1.82) is 0 Å². The van der Waals surface area contributed by atoms with E-state index in [2.05, 4.69) is 133 Å². The summed E-state index contributed by atoms with van der Waals surface area (Å²) in [5, 5.41) is 0. The second-order valence-corrected chi connectivity index (χ2v) is 25.3. The molecule has 0 radical (unpaired) electrons. The van der Waals surface area contributed by atoms with Crippen LogP contribution in [0, 0.1) is 5.92 Å². The Labute approximate surface area is 247 Å². The number of allylic oxidation sites excluding steroid dienone is 5. The summed E-state index contributed by atoms with van der Waals surface area (Å²) >= 11 is -3.46. The van der Waals surface area contributed by atoms with Crippen molar-refractivity contribution in [3.05, 3.63) is 129 Å². The van der Waals surface area contributed by atoms with Crippen LogP contribution in [0.5, 0.6) is 0 Å². The zero-order valence-corrected chi connectivity index (χ0v) is 27.9. The van der Waals surface area contributed by atoms with Gasteiger partial charge in [0.1, 0.15) is 0 Å². The van der Waals surface area contributed by atoms with E-state index in [-0.39, 0.29) is 10.8 Å². The van der Waals surface area contributed by atoms with Gasteiger partial charge < -0.3 is 0 Å². The Hall–Kier alpha value is -2.24. The van der Waals surface area contributed by atoms with Crippen molar-refractivity contribution in [3.8, 4) is 11.1 Å².